The van der Waals surface area contributed by atoms with Crippen LogP contribution in [0.2, 0.25) is 0 Å². The fraction of sp³-hybridized carbons (Fsp3) is 0.364. The van der Waals surface area contributed by atoms with Crippen LogP contribution in [-0.2, 0) is 4.79 Å². The molecule has 1 fully saturated rings. The van der Waals surface area contributed by atoms with Gasteiger partial charge in [0.25, 0.3) is 0 Å². The molecule has 86 valence electrons. The Kier molecular flexibility index (Phi) is 3.14. The number of benzene rings is 1. The first-order chi connectivity index (χ1) is 7.65. The van der Waals surface area contributed by atoms with Gasteiger partial charge in [-0.05, 0) is 31.5 Å². The van der Waals surface area contributed by atoms with E-state index in [1.807, 2.05) is 0 Å². The number of anilines is 1. The fourth-order valence-corrected chi connectivity index (χ4v) is 1.76. The third kappa shape index (κ3) is 2.55. The Bertz CT molecular complexity index is 383. The van der Waals surface area contributed by atoms with Crippen molar-refractivity contribution < 1.29 is 13.6 Å². The molecule has 0 saturated carbocycles. The highest BCUT2D eigenvalue weighted by atomic mass is 19.1. The van der Waals surface area contributed by atoms with Crippen LogP contribution in [0.3, 0.4) is 0 Å². The highest BCUT2D eigenvalue weighted by molar-refractivity contribution is 5.94. The lowest BCUT2D eigenvalue weighted by Crippen LogP contribution is -2.35. The first kappa shape index (κ1) is 11.0. The van der Waals surface area contributed by atoms with Crippen molar-refractivity contribution in [1.29, 1.82) is 0 Å². The van der Waals surface area contributed by atoms with E-state index in [1.165, 1.54) is 0 Å². The summed E-state index contributed by atoms with van der Waals surface area (Å²) in [4.78, 5) is 11.6. The van der Waals surface area contributed by atoms with Gasteiger partial charge < -0.3 is 10.6 Å². The lowest BCUT2D eigenvalue weighted by atomic mass is 10.2. The number of rotatable bonds is 2. The van der Waals surface area contributed by atoms with Crippen LogP contribution >= 0.6 is 0 Å². The van der Waals surface area contributed by atoms with E-state index in [4.69, 9.17) is 0 Å². The lowest BCUT2D eigenvalue weighted by Gasteiger charge is -2.11. The van der Waals surface area contributed by atoms with E-state index >= 15 is 0 Å². The molecule has 2 rings (SSSR count). The second kappa shape index (κ2) is 4.57. The molecule has 1 aromatic rings. The minimum Gasteiger partial charge on any atom is -0.325 e. The highest BCUT2D eigenvalue weighted by Crippen LogP contribution is 2.14. The first-order valence-electron chi connectivity index (χ1n) is 5.15. The molecule has 1 aromatic carbocycles. The zero-order chi connectivity index (χ0) is 11.5. The summed E-state index contributed by atoms with van der Waals surface area (Å²) in [5.74, 6) is -1.65. The summed E-state index contributed by atoms with van der Waals surface area (Å²) in [5, 5.41) is 5.49. The molecule has 1 atom stereocenters. The van der Waals surface area contributed by atoms with E-state index in [9.17, 15) is 13.6 Å². The summed E-state index contributed by atoms with van der Waals surface area (Å²) in [6.45, 7) is 0.801. The van der Waals surface area contributed by atoms with Gasteiger partial charge in [-0.15, -0.1) is 0 Å². The molecule has 1 unspecified atom stereocenters. The number of carbonyl (C=O) groups is 1. The van der Waals surface area contributed by atoms with E-state index in [0.29, 0.717) is 0 Å². The molecule has 0 radical (unpaired) electrons. The van der Waals surface area contributed by atoms with Crippen molar-refractivity contribution in [3.05, 3.63) is 29.8 Å². The Morgan fingerprint density at radius 2 is 2.00 bits per heavy atom. The summed E-state index contributed by atoms with van der Waals surface area (Å²) in [6, 6.07) is 2.70. The van der Waals surface area contributed by atoms with Crippen molar-refractivity contribution in [3.63, 3.8) is 0 Å². The quantitative estimate of drug-likeness (QED) is 0.805. The zero-order valence-electron chi connectivity index (χ0n) is 8.59. The van der Waals surface area contributed by atoms with Gasteiger partial charge in [0.2, 0.25) is 5.91 Å². The van der Waals surface area contributed by atoms with Crippen molar-refractivity contribution in [3.8, 4) is 0 Å². The van der Waals surface area contributed by atoms with E-state index in [-0.39, 0.29) is 17.6 Å². The van der Waals surface area contributed by atoms with Crippen LogP contribution < -0.4 is 10.6 Å². The van der Waals surface area contributed by atoms with Gasteiger partial charge in [-0.2, -0.15) is 0 Å². The number of amides is 1. The normalized spacial score (nSPS) is 19.8. The third-order valence-corrected chi connectivity index (χ3v) is 2.51. The second-order valence-corrected chi connectivity index (χ2v) is 3.80. The Hall–Kier alpha value is -1.49. The van der Waals surface area contributed by atoms with Gasteiger partial charge >= 0.3 is 0 Å². The van der Waals surface area contributed by atoms with Crippen LogP contribution in [0, 0.1) is 11.6 Å². The van der Waals surface area contributed by atoms with Crippen molar-refractivity contribution in [2.75, 3.05) is 11.9 Å². The Morgan fingerprint density at radius 1 is 1.31 bits per heavy atom. The highest BCUT2D eigenvalue weighted by Gasteiger charge is 2.22. The van der Waals surface area contributed by atoms with Gasteiger partial charge in [0.1, 0.15) is 11.6 Å². The third-order valence-electron chi connectivity index (χ3n) is 2.51. The summed E-state index contributed by atoms with van der Waals surface area (Å²) >= 11 is 0. The van der Waals surface area contributed by atoms with Crippen molar-refractivity contribution in [1.82, 2.24) is 5.32 Å². The summed E-state index contributed by atoms with van der Waals surface area (Å²) in [7, 11) is 0. The molecule has 1 saturated heterocycles. The number of halogens is 2. The topological polar surface area (TPSA) is 41.1 Å². The smallest absolute Gasteiger partial charge is 0.241 e. The number of hydrogen-bond acceptors (Lipinski definition) is 2. The standard InChI is InChI=1S/C11H12F2N2O/c12-7-4-8(13)6-9(5-7)15-11(16)10-2-1-3-14-10/h4-6,10,14H,1-3H2,(H,15,16). The van der Waals surface area contributed by atoms with Crippen LogP contribution in [0.4, 0.5) is 14.5 Å². The lowest BCUT2D eigenvalue weighted by molar-refractivity contribution is -0.117. The Labute approximate surface area is 91.8 Å². The first-order valence-corrected chi connectivity index (χ1v) is 5.15. The number of hydrogen-bond donors (Lipinski definition) is 2. The molecule has 0 spiro atoms. The molecule has 16 heavy (non-hydrogen) atoms. The van der Waals surface area contributed by atoms with Gasteiger partial charge in [-0.25, -0.2) is 8.78 Å². The molecule has 0 aromatic heterocycles. The van der Waals surface area contributed by atoms with E-state index in [0.717, 1.165) is 37.6 Å². The molecule has 0 aliphatic carbocycles. The SMILES string of the molecule is O=C(Nc1cc(F)cc(F)c1)C1CCCN1. The zero-order valence-corrected chi connectivity index (χ0v) is 8.59. The molecular formula is C11H12F2N2O. The maximum Gasteiger partial charge on any atom is 0.241 e. The molecule has 5 heteroatoms. The average molecular weight is 226 g/mol. The van der Waals surface area contributed by atoms with Crippen LogP contribution in [0.5, 0.6) is 0 Å². The van der Waals surface area contributed by atoms with Gasteiger partial charge in [0.15, 0.2) is 0 Å². The molecule has 1 heterocycles. The maximum atomic E-state index is 12.8. The molecule has 0 bridgehead atoms. The molecule has 1 amide bonds. The minimum absolute atomic E-state index is 0.149. The Balaban J connectivity index is 2.05. The van der Waals surface area contributed by atoms with Gasteiger partial charge in [0, 0.05) is 11.8 Å². The monoisotopic (exact) mass is 226 g/mol. The van der Waals surface area contributed by atoms with Gasteiger partial charge in [-0.1, -0.05) is 0 Å². The predicted molar refractivity (Wildman–Crippen MR) is 56.0 cm³/mol. The van der Waals surface area contributed by atoms with Crippen LogP contribution in [0.25, 0.3) is 0 Å². The number of carbonyl (C=O) groups excluding carboxylic acids is 1. The predicted octanol–water partition coefficient (Wildman–Crippen LogP) is 1.66. The summed E-state index contributed by atoms with van der Waals surface area (Å²) in [6.07, 6.45) is 1.69. The van der Waals surface area contributed by atoms with Gasteiger partial charge in [0.05, 0.1) is 6.04 Å². The number of nitrogens with one attached hydrogen (secondary N) is 2. The molecule has 3 nitrogen and oxygen atoms in total. The van der Waals surface area contributed by atoms with Crippen molar-refractivity contribution in [2.24, 2.45) is 0 Å². The van der Waals surface area contributed by atoms with Crippen LogP contribution in [-0.4, -0.2) is 18.5 Å². The largest absolute Gasteiger partial charge is 0.325 e. The van der Waals surface area contributed by atoms with Gasteiger partial charge in [-0.3, -0.25) is 4.79 Å². The fourth-order valence-electron chi connectivity index (χ4n) is 1.76. The van der Waals surface area contributed by atoms with Crippen molar-refractivity contribution in [2.45, 2.75) is 18.9 Å². The maximum absolute atomic E-state index is 12.8. The molecule has 1 aliphatic heterocycles. The Morgan fingerprint density at radius 3 is 2.56 bits per heavy atom. The summed E-state index contributed by atoms with van der Waals surface area (Å²) in [5.41, 5.74) is 0.149. The average Bonchev–Trinajstić information content (AvgIpc) is 2.68. The molecule has 1 aliphatic rings. The van der Waals surface area contributed by atoms with Crippen LogP contribution in [0.15, 0.2) is 18.2 Å². The van der Waals surface area contributed by atoms with Crippen LogP contribution in [0.1, 0.15) is 12.8 Å². The van der Waals surface area contributed by atoms with E-state index < -0.39 is 11.6 Å². The summed E-state index contributed by atoms with van der Waals surface area (Å²) < 4.78 is 25.7. The van der Waals surface area contributed by atoms with E-state index in [1.54, 1.807) is 0 Å². The van der Waals surface area contributed by atoms with E-state index in [2.05, 4.69) is 10.6 Å². The molecule has 2 N–H and O–H groups in total. The minimum atomic E-state index is -0.699. The molecular weight excluding hydrogens is 214 g/mol. The second-order valence-electron chi connectivity index (χ2n) is 3.80. The van der Waals surface area contributed by atoms with Crippen molar-refractivity contribution >= 4 is 11.6 Å².